The fourth-order valence-electron chi connectivity index (χ4n) is 3.31. The van der Waals surface area contributed by atoms with Crippen LogP contribution in [0.5, 0.6) is 0 Å². The lowest BCUT2D eigenvalue weighted by molar-refractivity contribution is 0.100. The van der Waals surface area contributed by atoms with Gasteiger partial charge in [-0.05, 0) is 43.0 Å². The van der Waals surface area contributed by atoms with Gasteiger partial charge in [0.1, 0.15) is 11.6 Å². The van der Waals surface area contributed by atoms with Crippen LogP contribution < -0.4 is 11.1 Å². The standard InChI is InChI=1S/C20H17FIN5O/c21-15-5-4-11(9-22)8-13(15)20-25-16-3-1-2-12(16)19(27-20)26-17-6-7-24-10-14(17)18(23)28/h4-8,10H,1-3,9H2,(H2,23,28)(H,24,25,26,27). The summed E-state index contributed by atoms with van der Waals surface area (Å²) < 4.78 is 15.3. The Kier molecular flexibility index (Phi) is 5.21. The summed E-state index contributed by atoms with van der Waals surface area (Å²) in [6, 6.07) is 6.65. The van der Waals surface area contributed by atoms with Crippen molar-refractivity contribution in [3.63, 3.8) is 0 Å². The molecule has 0 saturated heterocycles. The second-order valence-electron chi connectivity index (χ2n) is 6.53. The topological polar surface area (TPSA) is 93.8 Å². The van der Waals surface area contributed by atoms with Crippen molar-refractivity contribution in [2.75, 3.05) is 5.32 Å². The molecule has 1 aromatic carbocycles. The second-order valence-corrected chi connectivity index (χ2v) is 7.30. The second kappa shape index (κ2) is 7.78. The number of anilines is 2. The highest BCUT2D eigenvalue weighted by molar-refractivity contribution is 14.1. The van der Waals surface area contributed by atoms with Crippen molar-refractivity contribution in [3.8, 4) is 11.4 Å². The van der Waals surface area contributed by atoms with E-state index < -0.39 is 5.91 Å². The molecule has 28 heavy (non-hydrogen) atoms. The van der Waals surface area contributed by atoms with E-state index in [2.05, 4.69) is 42.9 Å². The Bertz CT molecular complexity index is 1070. The number of nitrogens with one attached hydrogen (secondary N) is 1. The van der Waals surface area contributed by atoms with Crippen LogP contribution in [0.4, 0.5) is 15.9 Å². The maximum atomic E-state index is 14.5. The molecule has 0 aliphatic heterocycles. The molecular weight excluding hydrogens is 472 g/mol. The smallest absolute Gasteiger partial charge is 0.252 e. The molecule has 1 aliphatic carbocycles. The lowest BCUT2D eigenvalue weighted by atomic mass is 10.1. The van der Waals surface area contributed by atoms with E-state index in [1.54, 1.807) is 24.4 Å². The Morgan fingerprint density at radius 3 is 2.89 bits per heavy atom. The van der Waals surface area contributed by atoms with Crippen molar-refractivity contribution in [1.82, 2.24) is 15.0 Å². The first-order valence-corrected chi connectivity index (χ1v) is 10.3. The van der Waals surface area contributed by atoms with E-state index >= 15 is 0 Å². The molecule has 0 spiro atoms. The van der Waals surface area contributed by atoms with Crippen LogP contribution >= 0.6 is 22.6 Å². The minimum Gasteiger partial charge on any atom is -0.365 e. The van der Waals surface area contributed by atoms with Gasteiger partial charge >= 0.3 is 0 Å². The molecule has 142 valence electrons. The largest absolute Gasteiger partial charge is 0.365 e. The van der Waals surface area contributed by atoms with Gasteiger partial charge in [-0.1, -0.05) is 28.7 Å². The van der Waals surface area contributed by atoms with E-state index in [9.17, 15) is 9.18 Å². The maximum absolute atomic E-state index is 14.5. The van der Waals surface area contributed by atoms with Crippen molar-refractivity contribution in [2.45, 2.75) is 23.7 Å². The molecule has 1 amide bonds. The first-order valence-electron chi connectivity index (χ1n) is 8.82. The SMILES string of the molecule is NC(=O)c1cnccc1Nc1nc(-c2cc(CI)ccc2F)nc2c1CCC2. The van der Waals surface area contributed by atoms with Gasteiger partial charge in [0.2, 0.25) is 0 Å². The Morgan fingerprint density at radius 2 is 2.11 bits per heavy atom. The number of amides is 1. The van der Waals surface area contributed by atoms with Gasteiger partial charge in [0.05, 0.1) is 16.8 Å². The van der Waals surface area contributed by atoms with Crippen LogP contribution in [0.3, 0.4) is 0 Å². The number of alkyl halides is 1. The fourth-order valence-corrected chi connectivity index (χ4v) is 3.79. The molecule has 3 aromatic rings. The molecule has 0 atom stereocenters. The van der Waals surface area contributed by atoms with Crippen molar-refractivity contribution in [1.29, 1.82) is 0 Å². The predicted molar refractivity (Wildman–Crippen MR) is 113 cm³/mol. The van der Waals surface area contributed by atoms with Crippen molar-refractivity contribution in [2.24, 2.45) is 5.73 Å². The number of aryl methyl sites for hydroxylation is 1. The summed E-state index contributed by atoms with van der Waals surface area (Å²) in [6.45, 7) is 0. The minimum absolute atomic E-state index is 0.271. The van der Waals surface area contributed by atoms with Gasteiger partial charge in [0.15, 0.2) is 5.82 Å². The molecule has 2 aromatic heterocycles. The molecule has 6 nitrogen and oxygen atoms in total. The normalized spacial score (nSPS) is 12.6. The van der Waals surface area contributed by atoms with Gasteiger partial charge in [-0.3, -0.25) is 9.78 Å². The summed E-state index contributed by atoms with van der Waals surface area (Å²) in [6.07, 6.45) is 5.58. The number of aromatic nitrogens is 3. The highest BCUT2D eigenvalue weighted by atomic mass is 127. The molecule has 0 fully saturated rings. The number of carbonyl (C=O) groups is 1. The Morgan fingerprint density at radius 1 is 1.25 bits per heavy atom. The van der Waals surface area contributed by atoms with E-state index in [1.165, 1.54) is 12.3 Å². The Balaban J connectivity index is 1.82. The number of fused-ring (bicyclic) bond motifs is 1. The van der Waals surface area contributed by atoms with Crippen molar-refractivity contribution >= 4 is 40.0 Å². The number of benzene rings is 1. The number of carbonyl (C=O) groups excluding carboxylic acids is 1. The average Bonchev–Trinajstić information content (AvgIpc) is 3.17. The lowest BCUT2D eigenvalue weighted by Gasteiger charge is -2.14. The van der Waals surface area contributed by atoms with E-state index in [-0.39, 0.29) is 11.4 Å². The Labute approximate surface area is 175 Å². The summed E-state index contributed by atoms with van der Waals surface area (Å²) in [7, 11) is 0. The summed E-state index contributed by atoms with van der Waals surface area (Å²) in [4.78, 5) is 24.9. The van der Waals surface area contributed by atoms with Crippen LogP contribution in [-0.2, 0) is 17.3 Å². The highest BCUT2D eigenvalue weighted by Gasteiger charge is 2.22. The van der Waals surface area contributed by atoms with E-state index in [1.807, 2.05) is 0 Å². The van der Waals surface area contributed by atoms with E-state index in [0.29, 0.717) is 22.9 Å². The summed E-state index contributed by atoms with van der Waals surface area (Å²) in [5.74, 6) is -0.0333. The van der Waals surface area contributed by atoms with E-state index in [0.717, 1.165) is 40.5 Å². The van der Waals surface area contributed by atoms with E-state index in [4.69, 9.17) is 5.73 Å². The quantitative estimate of drug-likeness (QED) is 0.419. The van der Waals surface area contributed by atoms with Gasteiger partial charge in [-0.25, -0.2) is 14.4 Å². The lowest BCUT2D eigenvalue weighted by Crippen LogP contribution is -2.14. The van der Waals surface area contributed by atoms with Crippen molar-refractivity contribution in [3.05, 3.63) is 64.9 Å². The Hall–Kier alpha value is -2.62. The number of pyridine rings is 1. The molecule has 0 radical (unpaired) electrons. The number of nitrogens with two attached hydrogens (primary N) is 1. The molecule has 2 heterocycles. The van der Waals surface area contributed by atoms with Crippen LogP contribution in [0.25, 0.3) is 11.4 Å². The molecule has 3 N–H and O–H groups in total. The first-order chi connectivity index (χ1) is 13.6. The molecular formula is C20H17FIN5O. The fraction of sp³-hybridized carbons (Fsp3) is 0.200. The van der Waals surface area contributed by atoms with Crippen LogP contribution in [0, 0.1) is 5.82 Å². The van der Waals surface area contributed by atoms with Gasteiger partial charge in [0.25, 0.3) is 5.91 Å². The van der Waals surface area contributed by atoms with Crippen LogP contribution in [0.1, 0.15) is 33.6 Å². The van der Waals surface area contributed by atoms with Gasteiger partial charge in [0, 0.05) is 28.1 Å². The van der Waals surface area contributed by atoms with Crippen molar-refractivity contribution < 1.29 is 9.18 Å². The minimum atomic E-state index is -0.581. The number of nitrogens with zero attached hydrogens (tertiary/aromatic N) is 3. The van der Waals surface area contributed by atoms with Crippen LogP contribution in [-0.4, -0.2) is 20.9 Å². The third-order valence-electron chi connectivity index (χ3n) is 4.70. The zero-order chi connectivity index (χ0) is 19.7. The molecule has 8 heteroatoms. The number of rotatable bonds is 5. The molecule has 0 bridgehead atoms. The third-order valence-corrected chi connectivity index (χ3v) is 5.58. The summed E-state index contributed by atoms with van der Waals surface area (Å²) in [5, 5.41) is 3.20. The highest BCUT2D eigenvalue weighted by Crippen LogP contribution is 2.32. The van der Waals surface area contributed by atoms with Gasteiger partial charge in [-0.2, -0.15) is 0 Å². The molecule has 4 rings (SSSR count). The number of halogens is 2. The molecule has 0 unspecified atom stereocenters. The summed E-state index contributed by atoms with van der Waals surface area (Å²) >= 11 is 2.24. The third kappa shape index (κ3) is 3.56. The number of hydrogen-bond donors (Lipinski definition) is 2. The zero-order valence-electron chi connectivity index (χ0n) is 14.9. The number of primary amides is 1. The van der Waals surface area contributed by atoms with Crippen LogP contribution in [0.15, 0.2) is 36.7 Å². The maximum Gasteiger partial charge on any atom is 0.252 e. The van der Waals surface area contributed by atoms with Gasteiger partial charge < -0.3 is 11.1 Å². The zero-order valence-corrected chi connectivity index (χ0v) is 17.0. The molecule has 0 saturated carbocycles. The summed E-state index contributed by atoms with van der Waals surface area (Å²) in [5.41, 5.74) is 9.50. The predicted octanol–water partition coefficient (Wildman–Crippen LogP) is 3.94. The number of hydrogen-bond acceptors (Lipinski definition) is 5. The van der Waals surface area contributed by atoms with Crippen LogP contribution in [0.2, 0.25) is 0 Å². The monoisotopic (exact) mass is 489 g/mol. The first kappa shape index (κ1) is 18.7. The molecule has 1 aliphatic rings. The average molecular weight is 489 g/mol. The van der Waals surface area contributed by atoms with Gasteiger partial charge in [-0.15, -0.1) is 0 Å².